The number of amides is 4. The molecule has 35 heavy (non-hydrogen) atoms. The Bertz CT molecular complexity index is 1330. The van der Waals surface area contributed by atoms with Crippen LogP contribution in [0.4, 0.5) is 10.5 Å². The highest BCUT2D eigenvalue weighted by Gasteiger charge is 2.36. The summed E-state index contributed by atoms with van der Waals surface area (Å²) in [5, 5.41) is 2.85. The monoisotopic (exact) mass is 490 g/mol. The lowest BCUT2D eigenvalue weighted by atomic mass is 10.1. The lowest BCUT2D eigenvalue weighted by molar-refractivity contribution is -0.122. The topological polar surface area (TPSA) is 84.9 Å². The molecule has 3 aromatic carbocycles. The molecule has 1 aliphatic rings. The molecule has 1 aliphatic heterocycles. The van der Waals surface area contributed by atoms with Gasteiger partial charge in [0.05, 0.1) is 12.3 Å². The maximum Gasteiger partial charge on any atom is 0.335 e. The van der Waals surface area contributed by atoms with Crippen molar-refractivity contribution < 1.29 is 23.9 Å². The second kappa shape index (κ2) is 10.4. The van der Waals surface area contributed by atoms with Gasteiger partial charge in [0.25, 0.3) is 11.8 Å². The zero-order chi connectivity index (χ0) is 24.9. The predicted molar refractivity (Wildman–Crippen MR) is 134 cm³/mol. The van der Waals surface area contributed by atoms with Crippen LogP contribution in [0.5, 0.6) is 11.5 Å². The van der Waals surface area contributed by atoms with Gasteiger partial charge in [0, 0.05) is 5.02 Å². The number of carbonyl (C=O) groups is 3. The summed E-state index contributed by atoms with van der Waals surface area (Å²) in [5.41, 5.74) is 2.53. The molecule has 0 aliphatic carbocycles. The third-order valence-electron chi connectivity index (χ3n) is 5.22. The molecule has 0 saturated carbocycles. The molecule has 1 fully saturated rings. The number of nitrogens with one attached hydrogen (secondary N) is 1. The van der Waals surface area contributed by atoms with Gasteiger partial charge in [0.15, 0.2) is 11.5 Å². The fourth-order valence-corrected chi connectivity index (χ4v) is 3.83. The third kappa shape index (κ3) is 5.53. The number of anilines is 1. The summed E-state index contributed by atoms with van der Waals surface area (Å²) >= 11 is 6.04. The third-order valence-corrected chi connectivity index (χ3v) is 5.46. The molecule has 0 spiro atoms. The highest BCUT2D eigenvalue weighted by molar-refractivity contribution is 6.39. The molecule has 3 aromatic rings. The van der Waals surface area contributed by atoms with Gasteiger partial charge in [-0.2, -0.15) is 0 Å². The van der Waals surface area contributed by atoms with Crippen LogP contribution >= 0.6 is 11.6 Å². The van der Waals surface area contributed by atoms with Crippen molar-refractivity contribution in [1.82, 2.24) is 5.32 Å². The van der Waals surface area contributed by atoms with Gasteiger partial charge in [-0.3, -0.25) is 14.9 Å². The summed E-state index contributed by atoms with van der Waals surface area (Å²) in [7, 11) is 0. The Hall–Kier alpha value is -4.10. The van der Waals surface area contributed by atoms with E-state index < -0.39 is 17.8 Å². The van der Waals surface area contributed by atoms with Crippen molar-refractivity contribution in [2.45, 2.75) is 20.5 Å². The molecule has 178 valence electrons. The number of carbonyl (C=O) groups excluding carboxylic acids is 3. The normalized spacial score (nSPS) is 14.8. The average Bonchev–Trinajstić information content (AvgIpc) is 2.81. The molecule has 0 aromatic heterocycles. The van der Waals surface area contributed by atoms with E-state index in [1.807, 2.05) is 38.1 Å². The zero-order valence-electron chi connectivity index (χ0n) is 19.2. The van der Waals surface area contributed by atoms with Gasteiger partial charge in [-0.1, -0.05) is 41.9 Å². The van der Waals surface area contributed by atoms with Crippen molar-refractivity contribution in [3.8, 4) is 11.5 Å². The molecule has 4 amide bonds. The van der Waals surface area contributed by atoms with Crippen LogP contribution in [-0.4, -0.2) is 24.5 Å². The number of urea groups is 1. The quantitative estimate of drug-likeness (QED) is 0.359. The minimum atomic E-state index is -0.789. The van der Waals surface area contributed by atoms with E-state index in [0.29, 0.717) is 34.4 Å². The highest BCUT2D eigenvalue weighted by Crippen LogP contribution is 2.31. The number of nitrogens with zero attached hydrogens (tertiary/aromatic N) is 1. The number of imide groups is 2. The maximum atomic E-state index is 13.1. The van der Waals surface area contributed by atoms with E-state index in [-0.39, 0.29) is 12.2 Å². The Morgan fingerprint density at radius 3 is 2.49 bits per heavy atom. The minimum absolute atomic E-state index is 0.166. The first-order valence-electron chi connectivity index (χ1n) is 11.0. The summed E-state index contributed by atoms with van der Waals surface area (Å²) in [4.78, 5) is 39.0. The second-order valence-electron chi connectivity index (χ2n) is 7.85. The Labute approximate surface area is 207 Å². The van der Waals surface area contributed by atoms with Crippen molar-refractivity contribution in [2.24, 2.45) is 0 Å². The molecular weight excluding hydrogens is 468 g/mol. The van der Waals surface area contributed by atoms with Crippen molar-refractivity contribution >= 4 is 41.2 Å². The summed E-state index contributed by atoms with van der Waals surface area (Å²) in [6.07, 6.45) is 1.43. The Morgan fingerprint density at radius 2 is 1.74 bits per heavy atom. The Balaban J connectivity index is 1.61. The van der Waals surface area contributed by atoms with Crippen LogP contribution in [0.3, 0.4) is 0 Å². The first kappa shape index (κ1) is 24.0. The van der Waals surface area contributed by atoms with Crippen LogP contribution in [0.15, 0.2) is 72.3 Å². The smallest absolute Gasteiger partial charge is 0.335 e. The SMILES string of the molecule is CCOc1cc(/C=C2\C(=O)NC(=O)N(c3cccc(C)c3)C2=O)ccc1OCc1cccc(Cl)c1. The number of hydrogen-bond acceptors (Lipinski definition) is 5. The fourth-order valence-electron chi connectivity index (χ4n) is 3.62. The van der Waals surface area contributed by atoms with E-state index in [2.05, 4.69) is 5.32 Å². The van der Waals surface area contributed by atoms with E-state index in [0.717, 1.165) is 16.0 Å². The molecule has 4 rings (SSSR count). The zero-order valence-corrected chi connectivity index (χ0v) is 20.0. The molecule has 7 nitrogen and oxygen atoms in total. The second-order valence-corrected chi connectivity index (χ2v) is 8.29. The summed E-state index contributed by atoms with van der Waals surface area (Å²) in [5.74, 6) is -0.504. The van der Waals surface area contributed by atoms with Gasteiger partial charge >= 0.3 is 6.03 Å². The summed E-state index contributed by atoms with van der Waals surface area (Å²) < 4.78 is 11.6. The molecule has 8 heteroatoms. The number of benzene rings is 3. The van der Waals surface area contributed by atoms with Crippen molar-refractivity contribution in [2.75, 3.05) is 11.5 Å². The van der Waals surface area contributed by atoms with Gasteiger partial charge in [-0.05, 0) is 73.0 Å². The largest absolute Gasteiger partial charge is 0.490 e. The fraction of sp³-hybridized carbons (Fsp3) is 0.148. The molecule has 0 atom stereocenters. The maximum absolute atomic E-state index is 13.1. The lowest BCUT2D eigenvalue weighted by Crippen LogP contribution is -2.54. The molecule has 1 heterocycles. The molecule has 1 N–H and O–H groups in total. The standard InChI is InChI=1S/C27H23ClN2O5/c1-3-34-24-15-18(10-11-23(24)35-16-19-7-5-8-20(28)13-19)14-22-25(31)29-27(33)30(26(22)32)21-9-4-6-17(2)12-21/h4-15H,3,16H2,1-2H3,(H,29,31,33)/b22-14+. The Morgan fingerprint density at radius 1 is 0.943 bits per heavy atom. The average molecular weight is 491 g/mol. The van der Waals surface area contributed by atoms with Crippen molar-refractivity contribution in [1.29, 1.82) is 0 Å². The van der Waals surface area contributed by atoms with Crippen LogP contribution in [-0.2, 0) is 16.2 Å². The number of aryl methyl sites for hydroxylation is 1. The van der Waals surface area contributed by atoms with E-state index in [1.54, 1.807) is 42.5 Å². The van der Waals surface area contributed by atoms with E-state index in [1.165, 1.54) is 6.08 Å². The molecule has 0 radical (unpaired) electrons. The highest BCUT2D eigenvalue weighted by atomic mass is 35.5. The van der Waals surface area contributed by atoms with E-state index in [9.17, 15) is 14.4 Å². The number of rotatable bonds is 7. The van der Waals surface area contributed by atoms with E-state index in [4.69, 9.17) is 21.1 Å². The number of ether oxygens (including phenoxy) is 2. The molecule has 1 saturated heterocycles. The van der Waals surface area contributed by atoms with Crippen molar-refractivity contribution in [3.05, 3.63) is 94.0 Å². The molecule has 0 bridgehead atoms. The molecular formula is C27H23ClN2O5. The van der Waals surface area contributed by atoms with Crippen LogP contribution in [0.25, 0.3) is 6.08 Å². The summed E-state index contributed by atoms with van der Waals surface area (Å²) in [6.45, 7) is 4.37. The first-order chi connectivity index (χ1) is 16.9. The lowest BCUT2D eigenvalue weighted by Gasteiger charge is -2.26. The van der Waals surface area contributed by atoms with E-state index >= 15 is 0 Å². The predicted octanol–water partition coefficient (Wildman–Crippen LogP) is 5.29. The van der Waals surface area contributed by atoms with Crippen LogP contribution in [0.1, 0.15) is 23.6 Å². The number of barbiturate groups is 1. The van der Waals surface area contributed by atoms with Crippen molar-refractivity contribution in [3.63, 3.8) is 0 Å². The van der Waals surface area contributed by atoms with Crippen LogP contribution < -0.4 is 19.7 Å². The number of hydrogen-bond donors (Lipinski definition) is 1. The summed E-state index contributed by atoms with van der Waals surface area (Å²) in [6, 6.07) is 18.6. The number of halogens is 1. The van der Waals surface area contributed by atoms with Crippen LogP contribution in [0.2, 0.25) is 5.02 Å². The Kier molecular flexibility index (Phi) is 7.17. The van der Waals surface area contributed by atoms with Crippen LogP contribution in [0, 0.1) is 6.92 Å². The van der Waals surface area contributed by atoms with Gasteiger partial charge in [0.1, 0.15) is 12.2 Å². The van der Waals surface area contributed by atoms with Gasteiger partial charge < -0.3 is 9.47 Å². The minimum Gasteiger partial charge on any atom is -0.490 e. The first-order valence-corrected chi connectivity index (χ1v) is 11.4. The molecule has 0 unspecified atom stereocenters. The van der Waals surface area contributed by atoms with Gasteiger partial charge in [-0.25, -0.2) is 9.69 Å². The van der Waals surface area contributed by atoms with Gasteiger partial charge in [0.2, 0.25) is 0 Å². The van der Waals surface area contributed by atoms with Gasteiger partial charge in [-0.15, -0.1) is 0 Å².